The maximum absolute atomic E-state index is 5.45. The summed E-state index contributed by atoms with van der Waals surface area (Å²) in [6.07, 6.45) is 6.44. The number of nitrogens with zero attached hydrogens (tertiary/aromatic N) is 1. The maximum Gasteiger partial charge on any atom is 0.231 e. The molecule has 0 amide bonds. The van der Waals surface area contributed by atoms with E-state index in [2.05, 4.69) is 37.6 Å². The molecule has 22 heavy (non-hydrogen) atoms. The van der Waals surface area contributed by atoms with Crippen LogP contribution >= 0.6 is 15.9 Å². The van der Waals surface area contributed by atoms with Crippen LogP contribution in [0, 0.1) is 0 Å². The summed E-state index contributed by atoms with van der Waals surface area (Å²) in [7, 11) is 1.81. The van der Waals surface area contributed by atoms with Gasteiger partial charge in [-0.05, 0) is 46.5 Å². The monoisotopic (exact) mass is 367 g/mol. The zero-order chi connectivity index (χ0) is 15.4. The van der Waals surface area contributed by atoms with Crippen molar-refractivity contribution in [2.45, 2.75) is 44.7 Å². The molecule has 0 radical (unpaired) electrons. The molecule has 5 nitrogen and oxygen atoms in total. The van der Waals surface area contributed by atoms with E-state index in [0.717, 1.165) is 27.5 Å². The molecule has 0 spiro atoms. The van der Waals surface area contributed by atoms with E-state index in [9.17, 15) is 0 Å². The van der Waals surface area contributed by atoms with Crippen LogP contribution < -0.4 is 20.1 Å². The minimum Gasteiger partial charge on any atom is -0.454 e. The standard InChI is InChI=1S/C16H22BrN3O2/c1-18-16(20-12-5-3-2-4-6-12)19-9-11-7-13(17)15-14(8-11)21-10-22-15/h7-8,12H,2-6,9-10H2,1H3,(H2,18,19,20). The normalized spacial score (nSPS) is 18.4. The van der Waals surface area contributed by atoms with Crippen molar-refractivity contribution in [3.63, 3.8) is 0 Å². The number of fused-ring (bicyclic) bond motifs is 1. The Morgan fingerprint density at radius 1 is 1.27 bits per heavy atom. The summed E-state index contributed by atoms with van der Waals surface area (Å²) in [5.41, 5.74) is 1.13. The highest BCUT2D eigenvalue weighted by molar-refractivity contribution is 9.10. The second-order valence-corrected chi connectivity index (χ2v) is 6.57. The van der Waals surface area contributed by atoms with E-state index in [-0.39, 0.29) is 6.79 Å². The molecule has 1 fully saturated rings. The lowest BCUT2D eigenvalue weighted by Crippen LogP contribution is -2.43. The summed E-state index contributed by atoms with van der Waals surface area (Å²) in [5.74, 6) is 2.44. The lowest BCUT2D eigenvalue weighted by atomic mass is 9.96. The zero-order valence-corrected chi connectivity index (χ0v) is 14.4. The zero-order valence-electron chi connectivity index (χ0n) is 12.8. The average Bonchev–Trinajstić information content (AvgIpc) is 3.01. The van der Waals surface area contributed by atoms with Crippen molar-refractivity contribution in [3.05, 3.63) is 22.2 Å². The molecule has 1 heterocycles. The third-order valence-electron chi connectivity index (χ3n) is 4.12. The predicted octanol–water partition coefficient (Wildman–Crippen LogP) is 3.18. The van der Waals surface area contributed by atoms with Crippen molar-refractivity contribution in [1.29, 1.82) is 0 Å². The van der Waals surface area contributed by atoms with Gasteiger partial charge in [0, 0.05) is 19.6 Å². The van der Waals surface area contributed by atoms with Crippen LogP contribution in [-0.4, -0.2) is 25.8 Å². The van der Waals surface area contributed by atoms with Crippen molar-refractivity contribution in [1.82, 2.24) is 10.6 Å². The largest absolute Gasteiger partial charge is 0.454 e. The first-order valence-electron chi connectivity index (χ1n) is 7.81. The molecule has 1 aromatic carbocycles. The van der Waals surface area contributed by atoms with E-state index in [0.29, 0.717) is 12.6 Å². The fourth-order valence-electron chi connectivity index (χ4n) is 2.94. The van der Waals surface area contributed by atoms with E-state index in [1.165, 1.54) is 32.1 Å². The van der Waals surface area contributed by atoms with Gasteiger partial charge in [-0.1, -0.05) is 19.3 Å². The number of nitrogens with one attached hydrogen (secondary N) is 2. The van der Waals surface area contributed by atoms with Gasteiger partial charge in [0.1, 0.15) is 0 Å². The van der Waals surface area contributed by atoms with Crippen LogP contribution in [0.2, 0.25) is 0 Å². The van der Waals surface area contributed by atoms with Crippen LogP contribution in [0.3, 0.4) is 0 Å². The highest BCUT2D eigenvalue weighted by atomic mass is 79.9. The molecule has 0 saturated heterocycles. The first kappa shape index (κ1) is 15.5. The molecule has 1 aromatic rings. The van der Waals surface area contributed by atoms with Gasteiger partial charge in [0.05, 0.1) is 4.47 Å². The number of hydrogen-bond acceptors (Lipinski definition) is 3. The van der Waals surface area contributed by atoms with Crippen LogP contribution in [0.4, 0.5) is 0 Å². The van der Waals surface area contributed by atoms with Gasteiger partial charge in [0.25, 0.3) is 0 Å². The van der Waals surface area contributed by atoms with Crippen LogP contribution in [0.15, 0.2) is 21.6 Å². The molecule has 6 heteroatoms. The highest BCUT2D eigenvalue weighted by Gasteiger charge is 2.18. The Morgan fingerprint density at radius 3 is 2.86 bits per heavy atom. The number of rotatable bonds is 3. The molecule has 120 valence electrons. The Bertz CT molecular complexity index is 557. The fourth-order valence-corrected chi connectivity index (χ4v) is 3.55. The van der Waals surface area contributed by atoms with E-state index < -0.39 is 0 Å². The van der Waals surface area contributed by atoms with Gasteiger partial charge < -0.3 is 20.1 Å². The minimum absolute atomic E-state index is 0.287. The lowest BCUT2D eigenvalue weighted by molar-refractivity contribution is 0.173. The summed E-state index contributed by atoms with van der Waals surface area (Å²) in [4.78, 5) is 4.32. The van der Waals surface area contributed by atoms with Gasteiger partial charge in [-0.2, -0.15) is 0 Å². The van der Waals surface area contributed by atoms with E-state index >= 15 is 0 Å². The quantitative estimate of drug-likeness (QED) is 0.636. The van der Waals surface area contributed by atoms with Crippen molar-refractivity contribution in [2.24, 2.45) is 4.99 Å². The van der Waals surface area contributed by atoms with Crippen LogP contribution in [0.25, 0.3) is 0 Å². The molecule has 0 aromatic heterocycles. The van der Waals surface area contributed by atoms with Crippen LogP contribution in [-0.2, 0) is 6.54 Å². The van der Waals surface area contributed by atoms with Gasteiger partial charge >= 0.3 is 0 Å². The Kier molecular flexibility index (Phi) is 5.08. The number of aliphatic imine (C=N–C) groups is 1. The van der Waals surface area contributed by atoms with Crippen molar-refractivity contribution in [2.75, 3.05) is 13.8 Å². The summed E-state index contributed by atoms with van der Waals surface area (Å²) in [6.45, 7) is 0.983. The predicted molar refractivity (Wildman–Crippen MR) is 90.5 cm³/mol. The van der Waals surface area contributed by atoms with E-state index in [1.54, 1.807) is 0 Å². The Balaban J connectivity index is 1.57. The van der Waals surface area contributed by atoms with Crippen molar-refractivity contribution >= 4 is 21.9 Å². The molecule has 3 rings (SSSR count). The van der Waals surface area contributed by atoms with Crippen molar-refractivity contribution < 1.29 is 9.47 Å². The summed E-state index contributed by atoms with van der Waals surface area (Å²) >= 11 is 3.52. The first-order valence-corrected chi connectivity index (χ1v) is 8.61. The van der Waals surface area contributed by atoms with Gasteiger partial charge in [-0.15, -0.1) is 0 Å². The molecule has 2 aliphatic rings. The summed E-state index contributed by atoms with van der Waals surface area (Å²) < 4.78 is 11.8. The average molecular weight is 368 g/mol. The van der Waals surface area contributed by atoms with E-state index in [4.69, 9.17) is 9.47 Å². The molecule has 0 atom stereocenters. The van der Waals surface area contributed by atoms with Gasteiger partial charge in [0.2, 0.25) is 6.79 Å². The highest BCUT2D eigenvalue weighted by Crippen LogP contribution is 2.39. The third kappa shape index (κ3) is 3.66. The number of hydrogen-bond donors (Lipinski definition) is 2. The number of benzene rings is 1. The van der Waals surface area contributed by atoms with Crippen LogP contribution in [0.5, 0.6) is 11.5 Å². The second kappa shape index (κ2) is 7.22. The van der Waals surface area contributed by atoms with Gasteiger partial charge in [-0.3, -0.25) is 4.99 Å². The smallest absolute Gasteiger partial charge is 0.231 e. The minimum atomic E-state index is 0.287. The molecule has 1 aliphatic heterocycles. The summed E-state index contributed by atoms with van der Waals surface area (Å²) in [5, 5.41) is 6.89. The molecule has 0 unspecified atom stereocenters. The SMILES string of the molecule is CN=C(NCc1cc(Br)c2c(c1)OCO2)NC1CCCCC1. The van der Waals surface area contributed by atoms with Gasteiger partial charge in [-0.25, -0.2) is 0 Å². The molecule has 0 bridgehead atoms. The van der Waals surface area contributed by atoms with Crippen molar-refractivity contribution in [3.8, 4) is 11.5 Å². The molecular weight excluding hydrogens is 346 g/mol. The topological polar surface area (TPSA) is 54.9 Å². The van der Waals surface area contributed by atoms with Gasteiger partial charge in [0.15, 0.2) is 17.5 Å². The summed E-state index contributed by atoms with van der Waals surface area (Å²) in [6, 6.07) is 4.60. The van der Waals surface area contributed by atoms with Crippen LogP contribution in [0.1, 0.15) is 37.7 Å². The fraction of sp³-hybridized carbons (Fsp3) is 0.562. The maximum atomic E-state index is 5.45. The number of halogens is 1. The first-order chi connectivity index (χ1) is 10.8. The second-order valence-electron chi connectivity index (χ2n) is 5.72. The third-order valence-corrected chi connectivity index (χ3v) is 4.71. The molecule has 2 N–H and O–H groups in total. The molecule has 1 saturated carbocycles. The Hall–Kier alpha value is -1.43. The Labute approximate surface area is 139 Å². The molecule has 1 aliphatic carbocycles. The number of ether oxygens (including phenoxy) is 2. The number of guanidine groups is 1. The lowest BCUT2D eigenvalue weighted by Gasteiger charge is -2.24. The Morgan fingerprint density at radius 2 is 2.09 bits per heavy atom. The van der Waals surface area contributed by atoms with E-state index in [1.807, 2.05) is 13.1 Å². The molecular formula is C16H22BrN3O2.